The Labute approximate surface area is 119 Å². The van der Waals surface area contributed by atoms with Crippen LogP contribution < -0.4 is 5.32 Å². The maximum atomic E-state index is 4.31. The van der Waals surface area contributed by atoms with Gasteiger partial charge in [-0.1, -0.05) is 0 Å². The normalized spacial score (nSPS) is 27.4. The van der Waals surface area contributed by atoms with Gasteiger partial charge in [0, 0.05) is 30.6 Å². The number of likely N-dealkylation sites (tertiary alicyclic amines) is 1. The van der Waals surface area contributed by atoms with E-state index in [9.17, 15) is 0 Å². The molecule has 0 saturated carbocycles. The third kappa shape index (κ3) is 3.12. The van der Waals surface area contributed by atoms with E-state index in [4.69, 9.17) is 0 Å². The molecule has 6 heteroatoms. The molecule has 1 aromatic heterocycles. The Kier molecular flexibility index (Phi) is 5.67. The summed E-state index contributed by atoms with van der Waals surface area (Å²) in [5.74, 6) is 0.901. The molecule has 0 radical (unpaired) electrons. The Morgan fingerprint density at radius 3 is 2.94 bits per heavy atom. The highest BCUT2D eigenvalue weighted by molar-refractivity contribution is 7.09. The standard InChI is InChI=1S/C11H17N3S.2ClH/c1-8-11(15-7-13-8)6-14-4-9-2-3-12-10(9)5-14;;/h7,9-10,12H,2-6H2,1H3;2*1H/t9-,10+;;/m0../s1. The van der Waals surface area contributed by atoms with Crippen LogP contribution in [0.4, 0.5) is 0 Å². The maximum Gasteiger partial charge on any atom is 0.0798 e. The fourth-order valence-corrected chi connectivity index (χ4v) is 3.57. The molecule has 2 saturated heterocycles. The number of nitrogens with one attached hydrogen (secondary N) is 1. The minimum absolute atomic E-state index is 0. The van der Waals surface area contributed by atoms with Crippen LogP contribution in [-0.2, 0) is 6.54 Å². The van der Waals surface area contributed by atoms with E-state index in [1.807, 2.05) is 5.51 Å². The van der Waals surface area contributed by atoms with Crippen LogP contribution in [0.5, 0.6) is 0 Å². The quantitative estimate of drug-likeness (QED) is 0.906. The third-order valence-electron chi connectivity index (χ3n) is 3.65. The van der Waals surface area contributed by atoms with E-state index < -0.39 is 0 Å². The van der Waals surface area contributed by atoms with Crippen molar-refractivity contribution in [2.75, 3.05) is 19.6 Å². The molecule has 3 heterocycles. The van der Waals surface area contributed by atoms with Crippen LogP contribution in [0.25, 0.3) is 0 Å². The zero-order chi connectivity index (χ0) is 10.3. The number of aryl methyl sites for hydroxylation is 1. The maximum absolute atomic E-state index is 4.31. The lowest BCUT2D eigenvalue weighted by Crippen LogP contribution is -2.29. The molecule has 98 valence electrons. The molecule has 0 aromatic carbocycles. The molecule has 2 aliphatic rings. The molecule has 3 nitrogen and oxygen atoms in total. The number of hydrogen-bond donors (Lipinski definition) is 1. The molecule has 2 atom stereocenters. The Bertz CT molecular complexity index is 346. The predicted molar refractivity (Wildman–Crippen MR) is 76.5 cm³/mol. The zero-order valence-corrected chi connectivity index (χ0v) is 12.3. The van der Waals surface area contributed by atoms with Crippen LogP contribution in [0, 0.1) is 12.8 Å². The molecule has 1 N–H and O–H groups in total. The first-order valence-electron chi connectivity index (χ1n) is 5.67. The molecule has 3 rings (SSSR count). The number of thiazole rings is 1. The largest absolute Gasteiger partial charge is 0.312 e. The van der Waals surface area contributed by atoms with Crippen molar-refractivity contribution in [2.45, 2.75) is 25.9 Å². The monoisotopic (exact) mass is 295 g/mol. The SMILES string of the molecule is Cc1ncsc1CN1C[C@@H]2CCN[C@@H]2C1.Cl.Cl. The first-order chi connectivity index (χ1) is 7.33. The van der Waals surface area contributed by atoms with Crippen molar-refractivity contribution < 1.29 is 0 Å². The van der Waals surface area contributed by atoms with Gasteiger partial charge in [0.2, 0.25) is 0 Å². The van der Waals surface area contributed by atoms with Crippen LogP contribution >= 0.6 is 36.2 Å². The third-order valence-corrected chi connectivity index (χ3v) is 4.57. The van der Waals surface area contributed by atoms with Gasteiger partial charge in [-0.25, -0.2) is 4.98 Å². The average Bonchev–Trinajstić information content (AvgIpc) is 2.83. The van der Waals surface area contributed by atoms with Gasteiger partial charge < -0.3 is 5.32 Å². The molecule has 2 fully saturated rings. The predicted octanol–water partition coefficient (Wildman–Crippen LogP) is 2.09. The first-order valence-corrected chi connectivity index (χ1v) is 6.55. The van der Waals surface area contributed by atoms with Crippen LogP contribution in [-0.4, -0.2) is 35.6 Å². The van der Waals surface area contributed by atoms with Crippen LogP contribution in [0.1, 0.15) is 17.0 Å². The van der Waals surface area contributed by atoms with Crippen LogP contribution in [0.2, 0.25) is 0 Å². The van der Waals surface area contributed by atoms with Crippen molar-refractivity contribution in [2.24, 2.45) is 5.92 Å². The number of fused-ring (bicyclic) bond motifs is 1. The van der Waals surface area contributed by atoms with E-state index in [1.165, 1.54) is 36.6 Å². The molecule has 2 aliphatic heterocycles. The van der Waals surface area contributed by atoms with E-state index in [0.717, 1.165) is 18.5 Å². The van der Waals surface area contributed by atoms with Crippen LogP contribution in [0.15, 0.2) is 5.51 Å². The number of nitrogens with zero attached hydrogens (tertiary/aromatic N) is 2. The molecule has 0 spiro atoms. The fraction of sp³-hybridized carbons (Fsp3) is 0.727. The molecule has 0 unspecified atom stereocenters. The lowest BCUT2D eigenvalue weighted by Gasteiger charge is -2.15. The lowest BCUT2D eigenvalue weighted by molar-refractivity contribution is 0.308. The van der Waals surface area contributed by atoms with Crippen molar-refractivity contribution in [1.29, 1.82) is 0 Å². The molecule has 0 aliphatic carbocycles. The number of hydrogen-bond acceptors (Lipinski definition) is 4. The van der Waals surface area contributed by atoms with Gasteiger partial charge in [0.25, 0.3) is 0 Å². The highest BCUT2D eigenvalue weighted by Crippen LogP contribution is 2.26. The number of halogens is 2. The smallest absolute Gasteiger partial charge is 0.0798 e. The van der Waals surface area contributed by atoms with Crippen molar-refractivity contribution in [1.82, 2.24) is 15.2 Å². The van der Waals surface area contributed by atoms with Gasteiger partial charge in [-0.2, -0.15) is 0 Å². The Hall–Kier alpha value is 0.130. The summed E-state index contributed by atoms with van der Waals surface area (Å²) in [6.07, 6.45) is 1.36. The summed E-state index contributed by atoms with van der Waals surface area (Å²) in [4.78, 5) is 8.32. The van der Waals surface area contributed by atoms with Crippen LogP contribution in [0.3, 0.4) is 0 Å². The van der Waals surface area contributed by atoms with E-state index in [0.29, 0.717) is 0 Å². The van der Waals surface area contributed by atoms with E-state index in [1.54, 1.807) is 11.3 Å². The average molecular weight is 296 g/mol. The Balaban J connectivity index is 0.000000722. The zero-order valence-electron chi connectivity index (χ0n) is 9.89. The van der Waals surface area contributed by atoms with Gasteiger partial charge in [-0.05, 0) is 25.8 Å². The van der Waals surface area contributed by atoms with Gasteiger partial charge in [0.15, 0.2) is 0 Å². The van der Waals surface area contributed by atoms with E-state index in [2.05, 4.69) is 22.1 Å². The van der Waals surface area contributed by atoms with Crippen molar-refractivity contribution >= 4 is 36.2 Å². The molecule has 17 heavy (non-hydrogen) atoms. The minimum atomic E-state index is 0. The minimum Gasteiger partial charge on any atom is -0.312 e. The van der Waals surface area contributed by atoms with E-state index in [-0.39, 0.29) is 24.8 Å². The summed E-state index contributed by atoms with van der Waals surface area (Å²) in [6.45, 7) is 6.94. The molecular weight excluding hydrogens is 277 g/mol. The second-order valence-electron chi connectivity index (χ2n) is 4.66. The molecule has 0 bridgehead atoms. The van der Waals surface area contributed by atoms with Gasteiger partial charge >= 0.3 is 0 Å². The number of aromatic nitrogens is 1. The first kappa shape index (κ1) is 15.2. The highest BCUT2D eigenvalue weighted by atomic mass is 35.5. The summed E-state index contributed by atoms with van der Waals surface area (Å²) >= 11 is 1.79. The second-order valence-corrected chi connectivity index (χ2v) is 5.60. The topological polar surface area (TPSA) is 28.2 Å². The van der Waals surface area contributed by atoms with Gasteiger partial charge in [-0.15, -0.1) is 36.2 Å². The Morgan fingerprint density at radius 2 is 2.29 bits per heavy atom. The fourth-order valence-electron chi connectivity index (χ4n) is 2.75. The van der Waals surface area contributed by atoms with Crippen molar-refractivity contribution in [3.8, 4) is 0 Å². The molecule has 0 amide bonds. The summed E-state index contributed by atoms with van der Waals surface area (Å²) in [5, 5.41) is 3.59. The van der Waals surface area contributed by atoms with E-state index >= 15 is 0 Å². The lowest BCUT2D eigenvalue weighted by atomic mass is 10.1. The molecular formula is C11H19Cl2N3S. The summed E-state index contributed by atoms with van der Waals surface area (Å²) in [6, 6.07) is 0.762. The number of rotatable bonds is 2. The summed E-state index contributed by atoms with van der Waals surface area (Å²) in [5.41, 5.74) is 3.17. The summed E-state index contributed by atoms with van der Waals surface area (Å²) < 4.78 is 0. The van der Waals surface area contributed by atoms with Gasteiger partial charge in [0.05, 0.1) is 11.2 Å². The van der Waals surface area contributed by atoms with Crippen molar-refractivity contribution in [3.05, 3.63) is 16.1 Å². The van der Waals surface area contributed by atoms with Crippen molar-refractivity contribution in [3.63, 3.8) is 0 Å². The van der Waals surface area contributed by atoms with Gasteiger partial charge in [-0.3, -0.25) is 4.90 Å². The molecule has 1 aromatic rings. The Morgan fingerprint density at radius 1 is 1.47 bits per heavy atom. The summed E-state index contributed by atoms with van der Waals surface area (Å²) in [7, 11) is 0. The van der Waals surface area contributed by atoms with Gasteiger partial charge in [0.1, 0.15) is 0 Å². The highest BCUT2D eigenvalue weighted by Gasteiger charge is 2.35. The second kappa shape index (κ2) is 6.34.